The lowest BCUT2D eigenvalue weighted by Gasteiger charge is -2.33. The van der Waals surface area contributed by atoms with Gasteiger partial charge >= 0.3 is 6.03 Å². The van der Waals surface area contributed by atoms with E-state index in [4.69, 9.17) is 5.84 Å². The van der Waals surface area contributed by atoms with E-state index in [1.807, 2.05) is 36.1 Å². The quantitative estimate of drug-likeness (QED) is 0.313. The largest absolute Gasteiger partial charge is 0.324 e. The van der Waals surface area contributed by atoms with Crippen molar-refractivity contribution in [3.8, 4) is 0 Å². The van der Waals surface area contributed by atoms with Gasteiger partial charge in [-0.1, -0.05) is 6.07 Å². The number of carbonyl (C=O) groups excluding carboxylic acids is 2. The van der Waals surface area contributed by atoms with Crippen LogP contribution < -0.4 is 16.2 Å². The van der Waals surface area contributed by atoms with Gasteiger partial charge < -0.3 is 4.90 Å². The number of benzene rings is 2. The molecule has 0 spiro atoms. The summed E-state index contributed by atoms with van der Waals surface area (Å²) in [7, 11) is -3.19. The van der Waals surface area contributed by atoms with Gasteiger partial charge in [-0.15, -0.1) is 0 Å². The third kappa shape index (κ3) is 5.13. The number of urea groups is 1. The zero-order chi connectivity index (χ0) is 25.3. The second-order valence-electron chi connectivity index (χ2n) is 8.71. The third-order valence-corrected chi connectivity index (χ3v) is 7.61. The van der Waals surface area contributed by atoms with Crippen molar-refractivity contribution < 1.29 is 22.4 Å². The summed E-state index contributed by atoms with van der Waals surface area (Å²) in [4.78, 5) is 28.2. The van der Waals surface area contributed by atoms with Crippen molar-refractivity contribution in [2.24, 2.45) is 5.84 Å². The third-order valence-electron chi connectivity index (χ3n) is 6.00. The summed E-state index contributed by atoms with van der Waals surface area (Å²) < 4.78 is 40.5. The van der Waals surface area contributed by atoms with Crippen LogP contribution in [0.2, 0.25) is 0 Å². The molecule has 0 aliphatic carbocycles. The number of anilines is 1. The molecule has 0 unspecified atom stereocenters. The zero-order valence-corrected chi connectivity index (χ0v) is 20.3. The summed E-state index contributed by atoms with van der Waals surface area (Å²) in [5, 5.41) is 5.30. The van der Waals surface area contributed by atoms with Gasteiger partial charge in [0.15, 0.2) is 9.84 Å². The summed E-state index contributed by atoms with van der Waals surface area (Å²) in [6.45, 7) is 3.97. The number of hydrazine groups is 1. The van der Waals surface area contributed by atoms with Gasteiger partial charge in [0.1, 0.15) is 5.82 Å². The fourth-order valence-electron chi connectivity index (χ4n) is 4.02. The van der Waals surface area contributed by atoms with Gasteiger partial charge in [0.25, 0.3) is 5.91 Å². The molecule has 4 rings (SSSR count). The molecule has 0 saturated carbocycles. The van der Waals surface area contributed by atoms with Crippen LogP contribution in [0.3, 0.4) is 0 Å². The van der Waals surface area contributed by atoms with Gasteiger partial charge in [0, 0.05) is 41.3 Å². The highest BCUT2D eigenvalue weighted by Gasteiger charge is 2.30. The lowest BCUT2D eigenvalue weighted by atomic mass is 10.1. The van der Waals surface area contributed by atoms with E-state index in [9.17, 15) is 22.4 Å². The summed E-state index contributed by atoms with van der Waals surface area (Å²) in [5.41, 5.74) is 3.52. The Hall–Kier alpha value is -3.51. The smallest absolute Gasteiger partial charge is 0.322 e. The number of rotatable bonds is 5. The van der Waals surface area contributed by atoms with Gasteiger partial charge in [-0.25, -0.2) is 23.4 Å². The molecule has 0 atom stereocenters. The summed E-state index contributed by atoms with van der Waals surface area (Å²) in [6, 6.07) is 8.96. The zero-order valence-electron chi connectivity index (χ0n) is 19.4. The minimum atomic E-state index is -3.19. The van der Waals surface area contributed by atoms with E-state index < -0.39 is 27.6 Å². The molecule has 35 heavy (non-hydrogen) atoms. The van der Waals surface area contributed by atoms with Crippen LogP contribution >= 0.6 is 0 Å². The lowest BCUT2D eigenvalue weighted by molar-refractivity contribution is 0.0953. The Morgan fingerprint density at radius 2 is 1.89 bits per heavy atom. The number of fused-ring (bicyclic) bond motifs is 1. The summed E-state index contributed by atoms with van der Waals surface area (Å²) in [6.07, 6.45) is 1.74. The molecule has 3 amide bonds. The number of nitrogens with one attached hydrogen (secondary N) is 1. The lowest BCUT2D eigenvalue weighted by Crippen LogP contribution is -2.49. The Labute approximate surface area is 202 Å². The number of nitrogen functional groups attached to an aromatic ring is 1. The highest BCUT2D eigenvalue weighted by atomic mass is 32.2. The van der Waals surface area contributed by atoms with E-state index >= 15 is 0 Å². The minimum absolute atomic E-state index is 0.0510. The first-order chi connectivity index (χ1) is 16.6. The fraction of sp³-hybridized carbons (Fsp3) is 0.348. The van der Waals surface area contributed by atoms with Gasteiger partial charge in [-0.05, 0) is 44.2 Å². The molecule has 1 aromatic heterocycles. The first-order valence-corrected chi connectivity index (χ1v) is 13.0. The molecular weight excluding hydrogens is 475 g/mol. The number of hydrogen-bond donors (Lipinski definition) is 2. The van der Waals surface area contributed by atoms with Crippen molar-refractivity contribution in [2.75, 3.05) is 29.5 Å². The number of amides is 3. The molecule has 10 nitrogen and oxygen atoms in total. The number of nitrogens with two attached hydrogens (primary N) is 1. The molecule has 3 N–H and O–H groups in total. The molecule has 2 heterocycles. The SMILES string of the molecule is CC(C)n1ncc2ccc(N(Cc3ccc(C(=O)NN)cc3F)C(=O)N3CCS(=O)(=O)CC3)cc21. The maximum Gasteiger partial charge on any atom is 0.324 e. The van der Waals surface area contributed by atoms with Gasteiger partial charge in [0.2, 0.25) is 0 Å². The number of halogens is 1. The number of carbonyl (C=O) groups is 2. The number of sulfone groups is 1. The molecule has 1 fully saturated rings. The Balaban J connectivity index is 1.73. The molecule has 0 radical (unpaired) electrons. The first-order valence-electron chi connectivity index (χ1n) is 11.1. The van der Waals surface area contributed by atoms with E-state index in [1.54, 1.807) is 12.3 Å². The van der Waals surface area contributed by atoms with Crippen molar-refractivity contribution in [3.05, 3.63) is 59.5 Å². The fourth-order valence-corrected chi connectivity index (χ4v) is 5.22. The Morgan fingerprint density at radius 3 is 2.51 bits per heavy atom. The maximum absolute atomic E-state index is 14.9. The van der Waals surface area contributed by atoms with E-state index in [1.165, 1.54) is 21.9 Å². The van der Waals surface area contributed by atoms with Crippen LogP contribution in [0.1, 0.15) is 35.8 Å². The van der Waals surface area contributed by atoms with Crippen LogP contribution in [0.5, 0.6) is 0 Å². The number of aromatic nitrogens is 2. The van der Waals surface area contributed by atoms with Crippen LogP contribution in [0.4, 0.5) is 14.9 Å². The molecule has 12 heteroatoms. The molecule has 2 aromatic carbocycles. The van der Waals surface area contributed by atoms with E-state index in [0.29, 0.717) is 5.69 Å². The summed E-state index contributed by atoms with van der Waals surface area (Å²) in [5.74, 6) is 3.58. The number of nitrogens with zero attached hydrogens (tertiary/aromatic N) is 4. The highest BCUT2D eigenvalue weighted by Crippen LogP contribution is 2.27. The Bertz CT molecular complexity index is 1370. The standard InChI is InChI=1S/C23H27FN6O4S/c1-15(2)30-21-12-19(6-5-17(21)13-26-30)29(23(32)28-7-9-35(33,34)10-8-28)14-18-4-3-16(11-20(18)24)22(31)27-25/h3-6,11-13,15H,7-10,14,25H2,1-2H3,(H,27,31). The summed E-state index contributed by atoms with van der Waals surface area (Å²) >= 11 is 0. The van der Waals surface area contributed by atoms with Crippen molar-refractivity contribution in [2.45, 2.75) is 26.4 Å². The van der Waals surface area contributed by atoms with Crippen LogP contribution in [-0.4, -0.2) is 59.6 Å². The molecule has 0 bridgehead atoms. The maximum atomic E-state index is 14.9. The van der Waals surface area contributed by atoms with Crippen molar-refractivity contribution in [1.29, 1.82) is 0 Å². The molecule has 1 saturated heterocycles. The average Bonchev–Trinajstić information content (AvgIpc) is 3.26. The molecule has 186 valence electrons. The highest BCUT2D eigenvalue weighted by molar-refractivity contribution is 7.91. The second-order valence-corrected chi connectivity index (χ2v) is 11.0. The molecule has 1 aliphatic heterocycles. The van der Waals surface area contributed by atoms with Gasteiger partial charge in [-0.2, -0.15) is 5.10 Å². The van der Waals surface area contributed by atoms with Crippen molar-refractivity contribution in [1.82, 2.24) is 20.1 Å². The molecule has 3 aromatic rings. The predicted molar refractivity (Wildman–Crippen MR) is 130 cm³/mol. The van der Waals surface area contributed by atoms with Gasteiger partial charge in [-0.3, -0.25) is 19.8 Å². The molecular formula is C23H27FN6O4S. The van der Waals surface area contributed by atoms with E-state index in [2.05, 4.69) is 5.10 Å². The van der Waals surface area contributed by atoms with Crippen LogP contribution in [0, 0.1) is 5.82 Å². The van der Waals surface area contributed by atoms with E-state index in [0.717, 1.165) is 17.0 Å². The van der Waals surface area contributed by atoms with Crippen LogP contribution in [0.15, 0.2) is 42.6 Å². The van der Waals surface area contributed by atoms with E-state index in [-0.39, 0.29) is 48.3 Å². The second kappa shape index (κ2) is 9.62. The van der Waals surface area contributed by atoms with Crippen LogP contribution in [-0.2, 0) is 16.4 Å². The predicted octanol–water partition coefficient (Wildman–Crippen LogP) is 2.22. The Morgan fingerprint density at radius 1 is 1.17 bits per heavy atom. The average molecular weight is 503 g/mol. The first kappa shape index (κ1) is 24.6. The topological polar surface area (TPSA) is 131 Å². The van der Waals surface area contributed by atoms with Gasteiger partial charge in [0.05, 0.1) is 29.8 Å². The number of hydrogen-bond acceptors (Lipinski definition) is 6. The minimum Gasteiger partial charge on any atom is -0.322 e. The van der Waals surface area contributed by atoms with Crippen LogP contribution in [0.25, 0.3) is 10.9 Å². The van der Waals surface area contributed by atoms with Crippen molar-refractivity contribution >= 4 is 38.4 Å². The normalized spacial score (nSPS) is 15.4. The van der Waals surface area contributed by atoms with Crippen molar-refractivity contribution in [3.63, 3.8) is 0 Å². The monoisotopic (exact) mass is 502 g/mol. The Kier molecular flexibility index (Phi) is 6.77. The molecule has 1 aliphatic rings.